The Morgan fingerprint density at radius 1 is 1.40 bits per heavy atom. The van der Waals surface area contributed by atoms with Gasteiger partial charge in [-0.25, -0.2) is 4.79 Å². The van der Waals surface area contributed by atoms with Gasteiger partial charge in [-0.2, -0.15) is 0 Å². The smallest absolute Gasteiger partial charge is 0.383 e. The Hall–Kier alpha value is -1.19. The highest BCUT2D eigenvalue weighted by Gasteiger charge is 2.32. The summed E-state index contributed by atoms with van der Waals surface area (Å²) in [5.41, 5.74) is 0. The zero-order chi connectivity index (χ0) is 7.72. The molecule has 1 heterocycles. The van der Waals surface area contributed by atoms with Crippen LogP contribution in [0, 0.1) is 0 Å². The van der Waals surface area contributed by atoms with Crippen molar-refractivity contribution >= 4 is 17.5 Å². The van der Waals surface area contributed by atoms with Gasteiger partial charge in [-0.05, 0) is 6.92 Å². The van der Waals surface area contributed by atoms with Crippen LogP contribution in [-0.4, -0.2) is 23.6 Å². The Morgan fingerprint density at radius 2 is 2.00 bits per heavy atom. The highest BCUT2D eigenvalue weighted by molar-refractivity contribution is 6.62. The number of carbonyl (C=O) groups excluding carboxylic acids is 3. The third-order valence-electron chi connectivity index (χ3n) is 1.22. The maximum absolute atomic E-state index is 10.6. The molecule has 1 aliphatic heterocycles. The molecule has 4 heteroatoms. The average Bonchev–Trinajstić information content (AvgIpc) is 1.82. The lowest BCUT2D eigenvalue weighted by molar-refractivity contribution is -0.165. The van der Waals surface area contributed by atoms with Crippen LogP contribution in [0.15, 0.2) is 0 Å². The molecule has 1 fully saturated rings. The van der Waals surface area contributed by atoms with E-state index in [0.717, 1.165) is 0 Å². The molecule has 0 saturated carbocycles. The van der Waals surface area contributed by atoms with Crippen LogP contribution in [0.1, 0.15) is 13.3 Å². The number of hydrogen-bond acceptors (Lipinski definition) is 4. The van der Waals surface area contributed by atoms with E-state index in [4.69, 9.17) is 0 Å². The summed E-state index contributed by atoms with van der Waals surface area (Å²) < 4.78 is 4.46. The molecule has 1 aliphatic rings. The topological polar surface area (TPSA) is 60.4 Å². The van der Waals surface area contributed by atoms with E-state index in [1.165, 1.54) is 0 Å². The first-order valence-corrected chi connectivity index (χ1v) is 2.89. The van der Waals surface area contributed by atoms with E-state index in [0.29, 0.717) is 0 Å². The Labute approximate surface area is 57.2 Å². The molecule has 0 N–H and O–H groups in total. The molecule has 0 amide bonds. The van der Waals surface area contributed by atoms with Crippen molar-refractivity contribution in [2.45, 2.75) is 19.4 Å². The van der Waals surface area contributed by atoms with Crippen LogP contribution in [0.5, 0.6) is 0 Å². The first-order chi connectivity index (χ1) is 4.61. The molecule has 0 aliphatic carbocycles. The van der Waals surface area contributed by atoms with Gasteiger partial charge in [0.25, 0.3) is 0 Å². The Morgan fingerprint density at radius 3 is 2.50 bits per heavy atom. The zero-order valence-electron chi connectivity index (χ0n) is 5.42. The third-order valence-corrected chi connectivity index (χ3v) is 1.22. The molecule has 0 bridgehead atoms. The number of esters is 1. The predicted octanol–water partition coefficient (Wildman–Crippen LogP) is -0.540. The predicted molar refractivity (Wildman–Crippen MR) is 30.2 cm³/mol. The molecule has 10 heavy (non-hydrogen) atoms. The summed E-state index contributed by atoms with van der Waals surface area (Å²) in [7, 11) is 0. The van der Waals surface area contributed by atoms with E-state index in [2.05, 4.69) is 4.74 Å². The van der Waals surface area contributed by atoms with E-state index in [1.54, 1.807) is 6.92 Å². The van der Waals surface area contributed by atoms with Crippen molar-refractivity contribution < 1.29 is 19.1 Å². The van der Waals surface area contributed by atoms with Crippen LogP contribution in [0.2, 0.25) is 0 Å². The highest BCUT2D eigenvalue weighted by atomic mass is 16.5. The van der Waals surface area contributed by atoms with Crippen molar-refractivity contribution in [3.8, 4) is 0 Å². The lowest BCUT2D eigenvalue weighted by Gasteiger charge is -2.15. The van der Waals surface area contributed by atoms with Gasteiger partial charge in [0, 0.05) is 0 Å². The monoisotopic (exact) mass is 142 g/mol. The summed E-state index contributed by atoms with van der Waals surface area (Å²) in [5.74, 6) is -2.70. The minimum Gasteiger partial charge on any atom is -0.456 e. The maximum Gasteiger partial charge on any atom is 0.383 e. The van der Waals surface area contributed by atoms with Crippen molar-refractivity contribution in [1.29, 1.82) is 0 Å². The van der Waals surface area contributed by atoms with Crippen molar-refractivity contribution in [3.63, 3.8) is 0 Å². The van der Waals surface area contributed by atoms with Gasteiger partial charge < -0.3 is 4.74 Å². The third kappa shape index (κ3) is 1.05. The summed E-state index contributed by atoms with van der Waals surface area (Å²) in [5, 5.41) is 0. The van der Waals surface area contributed by atoms with E-state index >= 15 is 0 Å². The molecule has 54 valence electrons. The lowest BCUT2D eigenvalue weighted by Crippen LogP contribution is -2.37. The summed E-state index contributed by atoms with van der Waals surface area (Å²) in [4.78, 5) is 31.4. The van der Waals surface area contributed by atoms with Crippen molar-refractivity contribution in [2.24, 2.45) is 0 Å². The van der Waals surface area contributed by atoms with Crippen molar-refractivity contribution in [1.82, 2.24) is 0 Å². The Kier molecular flexibility index (Phi) is 1.53. The van der Waals surface area contributed by atoms with Gasteiger partial charge in [-0.1, -0.05) is 0 Å². The first-order valence-electron chi connectivity index (χ1n) is 2.89. The molecule has 1 rings (SSSR count). The molecule has 0 radical (unpaired) electrons. The SMILES string of the molecule is CC1CC(=O)C(=O)C(=O)O1. The number of ether oxygens (including phenoxy) is 1. The van der Waals surface area contributed by atoms with E-state index in [9.17, 15) is 14.4 Å². The number of rotatable bonds is 0. The van der Waals surface area contributed by atoms with Crippen molar-refractivity contribution in [3.05, 3.63) is 0 Å². The van der Waals surface area contributed by atoms with Crippen LogP contribution < -0.4 is 0 Å². The fourth-order valence-electron chi connectivity index (χ4n) is 0.746. The van der Waals surface area contributed by atoms with Crippen molar-refractivity contribution in [2.75, 3.05) is 0 Å². The van der Waals surface area contributed by atoms with Gasteiger partial charge in [-0.15, -0.1) is 0 Å². The van der Waals surface area contributed by atoms with Crippen LogP contribution >= 0.6 is 0 Å². The van der Waals surface area contributed by atoms with Gasteiger partial charge in [-0.3, -0.25) is 9.59 Å². The van der Waals surface area contributed by atoms with Gasteiger partial charge in [0.15, 0.2) is 0 Å². The fourth-order valence-corrected chi connectivity index (χ4v) is 0.746. The lowest BCUT2D eigenvalue weighted by atomic mass is 10.1. The summed E-state index contributed by atoms with van der Waals surface area (Å²) in [6.45, 7) is 1.57. The van der Waals surface area contributed by atoms with E-state index in [1.807, 2.05) is 0 Å². The molecule has 0 spiro atoms. The van der Waals surface area contributed by atoms with Gasteiger partial charge in [0.2, 0.25) is 5.78 Å². The normalized spacial score (nSPS) is 26.5. The number of hydrogen-bond donors (Lipinski definition) is 0. The second kappa shape index (κ2) is 2.21. The highest BCUT2D eigenvalue weighted by Crippen LogP contribution is 2.06. The second-order valence-corrected chi connectivity index (χ2v) is 2.17. The quantitative estimate of drug-likeness (QED) is 0.336. The maximum atomic E-state index is 10.6. The largest absolute Gasteiger partial charge is 0.456 e. The van der Waals surface area contributed by atoms with Crippen LogP contribution in [-0.2, 0) is 19.1 Å². The molecule has 4 nitrogen and oxygen atoms in total. The Bertz CT molecular complexity index is 186. The summed E-state index contributed by atoms with van der Waals surface area (Å²) >= 11 is 0. The number of ketones is 2. The summed E-state index contributed by atoms with van der Waals surface area (Å²) in [6, 6.07) is 0. The molecule has 1 unspecified atom stereocenters. The van der Waals surface area contributed by atoms with E-state index < -0.39 is 23.6 Å². The zero-order valence-corrected chi connectivity index (χ0v) is 5.42. The minimum absolute atomic E-state index is 0.0184. The van der Waals surface area contributed by atoms with Crippen LogP contribution in [0.4, 0.5) is 0 Å². The van der Waals surface area contributed by atoms with E-state index in [-0.39, 0.29) is 6.42 Å². The van der Waals surface area contributed by atoms with Gasteiger partial charge in [0.1, 0.15) is 6.10 Å². The van der Waals surface area contributed by atoms with Crippen LogP contribution in [0.25, 0.3) is 0 Å². The molecule has 0 aromatic rings. The van der Waals surface area contributed by atoms with Gasteiger partial charge in [0.05, 0.1) is 6.42 Å². The molecular formula is C6H6O4. The standard InChI is InChI=1S/C6H6O4/c1-3-2-4(7)5(8)6(9)10-3/h3H,2H2,1H3. The summed E-state index contributed by atoms with van der Waals surface area (Å²) in [6.07, 6.45) is -0.428. The van der Waals surface area contributed by atoms with Gasteiger partial charge >= 0.3 is 11.8 Å². The molecule has 1 saturated heterocycles. The average molecular weight is 142 g/mol. The minimum atomic E-state index is -1.03. The fraction of sp³-hybridized carbons (Fsp3) is 0.500. The molecular weight excluding hydrogens is 136 g/mol. The van der Waals surface area contributed by atoms with Crippen LogP contribution in [0.3, 0.4) is 0 Å². The number of carbonyl (C=O) groups is 3. The molecule has 0 aromatic heterocycles. The number of cyclic esters (lactones) is 1. The Balaban J connectivity index is 2.76. The second-order valence-electron chi connectivity index (χ2n) is 2.17. The molecule has 0 aromatic carbocycles. The first kappa shape index (κ1) is 6.92. The number of Topliss-reactive ketones (excluding diaryl/α,β-unsaturated/α-hetero) is 2. The molecule has 1 atom stereocenters.